The summed E-state index contributed by atoms with van der Waals surface area (Å²) in [5, 5.41) is 0. The summed E-state index contributed by atoms with van der Waals surface area (Å²) in [7, 11) is 0. The van der Waals surface area contributed by atoms with Crippen molar-refractivity contribution in [2.75, 3.05) is 19.7 Å². The van der Waals surface area contributed by atoms with Gasteiger partial charge in [-0.3, -0.25) is 4.79 Å². The molecule has 1 heterocycles. The van der Waals surface area contributed by atoms with E-state index in [0.717, 1.165) is 42.8 Å². The highest BCUT2D eigenvalue weighted by Gasteiger charge is 2.25. The summed E-state index contributed by atoms with van der Waals surface area (Å²) in [4.78, 5) is 14.2. The van der Waals surface area contributed by atoms with Crippen LogP contribution in [0.3, 0.4) is 0 Å². The van der Waals surface area contributed by atoms with Crippen LogP contribution in [0.25, 0.3) is 0 Å². The highest BCUT2D eigenvalue weighted by molar-refractivity contribution is 5.78. The maximum atomic E-state index is 12.3. The van der Waals surface area contributed by atoms with Gasteiger partial charge in [0, 0.05) is 19.1 Å². The number of rotatable bonds is 4. The van der Waals surface area contributed by atoms with Gasteiger partial charge in [0.15, 0.2) is 6.61 Å². The number of amides is 1. The fourth-order valence-corrected chi connectivity index (χ4v) is 2.76. The number of nitrogens with two attached hydrogens (primary N) is 1. The van der Waals surface area contributed by atoms with Crippen molar-refractivity contribution in [3.05, 3.63) is 29.3 Å². The average Bonchev–Trinajstić information content (AvgIpc) is 2.48. The second-order valence-corrected chi connectivity index (χ2v) is 6.16. The minimum Gasteiger partial charge on any atom is -0.483 e. The molecule has 4 nitrogen and oxygen atoms in total. The average molecular weight is 290 g/mol. The van der Waals surface area contributed by atoms with Crippen molar-refractivity contribution < 1.29 is 9.53 Å². The third-order valence-electron chi connectivity index (χ3n) is 4.25. The summed E-state index contributed by atoms with van der Waals surface area (Å²) >= 11 is 0. The van der Waals surface area contributed by atoms with Crippen molar-refractivity contribution in [1.82, 2.24) is 4.90 Å². The second-order valence-electron chi connectivity index (χ2n) is 6.16. The van der Waals surface area contributed by atoms with Crippen LogP contribution >= 0.6 is 0 Å². The maximum Gasteiger partial charge on any atom is 0.260 e. The molecule has 2 unspecified atom stereocenters. The molecule has 116 valence electrons. The predicted octanol–water partition coefficient (Wildman–Crippen LogP) is 2.27. The van der Waals surface area contributed by atoms with E-state index < -0.39 is 0 Å². The lowest BCUT2D eigenvalue weighted by Gasteiger charge is -2.34. The highest BCUT2D eigenvalue weighted by atomic mass is 16.5. The molecule has 0 aromatic heterocycles. The first-order chi connectivity index (χ1) is 9.97. The number of likely N-dealkylation sites (tertiary alicyclic amines) is 1. The molecule has 0 radical (unpaired) electrons. The zero-order valence-corrected chi connectivity index (χ0v) is 13.3. The lowest BCUT2D eigenvalue weighted by molar-refractivity contribution is -0.135. The van der Waals surface area contributed by atoms with Gasteiger partial charge in [0.1, 0.15) is 5.75 Å². The molecule has 2 atom stereocenters. The standard InChI is InChI=1S/C17H26N2O2/c1-12-6-7-13(2)16(9-12)21-11-17(20)19-8-4-5-15(10-19)14(3)18/h6-7,9,14-15H,4-5,8,10-11,18H2,1-3H3. The smallest absolute Gasteiger partial charge is 0.260 e. The molecule has 1 amide bonds. The Balaban J connectivity index is 1.91. The van der Waals surface area contributed by atoms with Crippen LogP contribution in [0.5, 0.6) is 5.75 Å². The van der Waals surface area contributed by atoms with Gasteiger partial charge in [-0.1, -0.05) is 12.1 Å². The van der Waals surface area contributed by atoms with Crippen LogP contribution < -0.4 is 10.5 Å². The zero-order chi connectivity index (χ0) is 15.4. The van der Waals surface area contributed by atoms with E-state index in [9.17, 15) is 4.79 Å². The summed E-state index contributed by atoms with van der Waals surface area (Å²) in [6.07, 6.45) is 2.14. The molecule has 1 aromatic rings. The Morgan fingerprint density at radius 1 is 1.48 bits per heavy atom. The van der Waals surface area contributed by atoms with E-state index in [1.54, 1.807) is 0 Å². The normalized spacial score (nSPS) is 20.2. The molecule has 0 aliphatic carbocycles. The third kappa shape index (κ3) is 4.21. The molecular formula is C17H26N2O2. The van der Waals surface area contributed by atoms with E-state index in [2.05, 4.69) is 0 Å². The fraction of sp³-hybridized carbons (Fsp3) is 0.588. The largest absolute Gasteiger partial charge is 0.483 e. The topological polar surface area (TPSA) is 55.6 Å². The molecule has 2 N–H and O–H groups in total. The molecule has 1 aliphatic heterocycles. The molecule has 2 rings (SSSR count). The van der Waals surface area contributed by atoms with Crippen LogP contribution in [0, 0.1) is 19.8 Å². The molecule has 0 saturated carbocycles. The predicted molar refractivity (Wildman–Crippen MR) is 84.4 cm³/mol. The van der Waals surface area contributed by atoms with Crippen molar-refractivity contribution in [3.63, 3.8) is 0 Å². The van der Waals surface area contributed by atoms with Crippen molar-refractivity contribution in [2.45, 2.75) is 39.7 Å². The van der Waals surface area contributed by atoms with Gasteiger partial charge in [0.05, 0.1) is 0 Å². The SMILES string of the molecule is Cc1ccc(C)c(OCC(=O)N2CCCC(C(C)N)C2)c1. The van der Waals surface area contributed by atoms with Gasteiger partial charge >= 0.3 is 0 Å². The molecule has 21 heavy (non-hydrogen) atoms. The van der Waals surface area contributed by atoms with Crippen LogP contribution in [0.1, 0.15) is 30.9 Å². The van der Waals surface area contributed by atoms with Gasteiger partial charge in [-0.15, -0.1) is 0 Å². The van der Waals surface area contributed by atoms with E-state index in [4.69, 9.17) is 10.5 Å². The number of piperidine rings is 1. The van der Waals surface area contributed by atoms with Gasteiger partial charge in [-0.2, -0.15) is 0 Å². The molecule has 1 fully saturated rings. The Morgan fingerprint density at radius 3 is 2.95 bits per heavy atom. The van der Waals surface area contributed by atoms with Gasteiger partial charge in [-0.05, 0) is 56.7 Å². The van der Waals surface area contributed by atoms with Crippen LogP contribution in [0.4, 0.5) is 0 Å². The second kappa shape index (κ2) is 6.94. The molecule has 0 spiro atoms. The fourth-order valence-electron chi connectivity index (χ4n) is 2.76. The number of hydrogen-bond donors (Lipinski definition) is 1. The van der Waals surface area contributed by atoms with E-state index in [1.165, 1.54) is 0 Å². The number of benzene rings is 1. The number of aryl methyl sites for hydroxylation is 2. The Labute approximate surface area is 127 Å². The molecule has 0 bridgehead atoms. The number of ether oxygens (including phenoxy) is 1. The van der Waals surface area contributed by atoms with E-state index in [1.807, 2.05) is 43.9 Å². The van der Waals surface area contributed by atoms with Crippen LogP contribution in [-0.2, 0) is 4.79 Å². The zero-order valence-electron chi connectivity index (χ0n) is 13.3. The van der Waals surface area contributed by atoms with Crippen LogP contribution in [0.15, 0.2) is 18.2 Å². The summed E-state index contributed by atoms with van der Waals surface area (Å²) < 4.78 is 5.71. The molecule has 4 heteroatoms. The lowest BCUT2D eigenvalue weighted by Crippen LogP contribution is -2.46. The number of carbonyl (C=O) groups excluding carboxylic acids is 1. The highest BCUT2D eigenvalue weighted by Crippen LogP contribution is 2.21. The minimum atomic E-state index is 0.0567. The lowest BCUT2D eigenvalue weighted by atomic mass is 9.92. The molecular weight excluding hydrogens is 264 g/mol. The van der Waals surface area contributed by atoms with E-state index in [0.29, 0.717) is 5.92 Å². The Kier molecular flexibility index (Phi) is 5.23. The van der Waals surface area contributed by atoms with Gasteiger partial charge in [0.25, 0.3) is 5.91 Å². The van der Waals surface area contributed by atoms with Gasteiger partial charge < -0.3 is 15.4 Å². The minimum absolute atomic E-state index is 0.0567. The quantitative estimate of drug-likeness (QED) is 0.925. The van der Waals surface area contributed by atoms with Gasteiger partial charge in [0.2, 0.25) is 0 Å². The van der Waals surface area contributed by atoms with Crippen LogP contribution in [0.2, 0.25) is 0 Å². The third-order valence-corrected chi connectivity index (χ3v) is 4.25. The first-order valence-corrected chi connectivity index (χ1v) is 7.71. The van der Waals surface area contributed by atoms with Crippen LogP contribution in [-0.4, -0.2) is 36.5 Å². The molecule has 1 aromatic carbocycles. The van der Waals surface area contributed by atoms with E-state index >= 15 is 0 Å². The van der Waals surface area contributed by atoms with Crippen molar-refractivity contribution in [2.24, 2.45) is 11.7 Å². The number of carbonyl (C=O) groups is 1. The summed E-state index contributed by atoms with van der Waals surface area (Å²) in [5.74, 6) is 1.26. The van der Waals surface area contributed by atoms with Crippen molar-refractivity contribution in [1.29, 1.82) is 0 Å². The first kappa shape index (κ1) is 15.8. The maximum absolute atomic E-state index is 12.3. The number of nitrogens with zero attached hydrogens (tertiary/aromatic N) is 1. The van der Waals surface area contributed by atoms with Gasteiger partial charge in [-0.25, -0.2) is 0 Å². The van der Waals surface area contributed by atoms with Crippen molar-refractivity contribution >= 4 is 5.91 Å². The molecule has 1 aliphatic rings. The summed E-state index contributed by atoms with van der Waals surface area (Å²) in [6, 6.07) is 6.17. The Morgan fingerprint density at radius 2 is 2.24 bits per heavy atom. The van der Waals surface area contributed by atoms with Crippen molar-refractivity contribution in [3.8, 4) is 5.75 Å². The Hall–Kier alpha value is -1.55. The summed E-state index contributed by atoms with van der Waals surface area (Å²) in [5.41, 5.74) is 8.15. The monoisotopic (exact) mass is 290 g/mol. The number of hydrogen-bond acceptors (Lipinski definition) is 3. The van der Waals surface area contributed by atoms with E-state index in [-0.39, 0.29) is 18.6 Å². The summed E-state index contributed by atoms with van der Waals surface area (Å²) in [6.45, 7) is 7.71. The Bertz CT molecular complexity index is 500. The molecule has 1 saturated heterocycles. The first-order valence-electron chi connectivity index (χ1n) is 7.71.